The monoisotopic (exact) mass is 1040 g/mol. The molecule has 10 atom stereocenters. The van der Waals surface area contributed by atoms with Crippen LogP contribution in [-0.2, 0) is 52.7 Å². The molecule has 0 radical (unpaired) electrons. The summed E-state index contributed by atoms with van der Waals surface area (Å²) >= 11 is 0. The van der Waals surface area contributed by atoms with Crippen LogP contribution in [0.25, 0.3) is 0 Å². The average Bonchev–Trinajstić information content (AvgIpc) is 3.29. The van der Waals surface area contributed by atoms with Gasteiger partial charge in [0, 0.05) is 6.42 Å². The molecule has 1 heterocycles. The van der Waals surface area contributed by atoms with E-state index in [1.807, 2.05) is 0 Å². The highest BCUT2D eigenvalue weighted by atomic mass is 16.5. The molecule has 20 nitrogen and oxygen atoms in total. The predicted octanol–water partition coefficient (Wildman–Crippen LogP) is 5.04. The standard InChI is InChI=1S/C53H93N7O13/c1-13-34(11)21-19-17-15-16-18-20-22-36-28-42(61)54-37(23-24-43(62)63)47(66)55-38(25-30(3)4)48(67)56-39(26-31(5)6)50(69)59-45(33(9)10)52(71)58-41(29-44(64)65)49(68)57-40(27-32(7)8)51(70)60-46(35(12)14-2)53(72)73-36/h30-41,45-46H,13-29H2,1-12H3,(H,54,61)(H,55,66)(H,56,67)(H,57,68)(H,58,71)(H,59,69)(H,60,70)(H,62,63)(H,64,65)/t34?,35-,36?,37-,38?,39+,40+,41?,45-,46?/m0/s1. The van der Waals surface area contributed by atoms with Crippen molar-refractivity contribution in [1.29, 1.82) is 0 Å². The maximum Gasteiger partial charge on any atom is 0.329 e. The zero-order chi connectivity index (χ0) is 55.5. The van der Waals surface area contributed by atoms with Crippen molar-refractivity contribution in [3.63, 3.8) is 0 Å². The van der Waals surface area contributed by atoms with Crippen molar-refractivity contribution in [3.8, 4) is 0 Å². The molecule has 0 aliphatic carbocycles. The number of hydrogen-bond acceptors (Lipinski definition) is 11. The first kappa shape index (κ1) is 65.7. The fraction of sp³-hybridized carbons (Fsp3) is 0.811. The molecule has 1 fully saturated rings. The Labute approximate surface area is 434 Å². The number of esters is 1. The third-order valence-electron chi connectivity index (χ3n) is 13.2. The summed E-state index contributed by atoms with van der Waals surface area (Å²) in [4.78, 5) is 137. The number of cyclic esters (lactones) is 1. The zero-order valence-corrected chi connectivity index (χ0v) is 46.0. The van der Waals surface area contributed by atoms with Gasteiger partial charge in [0.15, 0.2) is 0 Å². The summed E-state index contributed by atoms with van der Waals surface area (Å²) in [5.41, 5.74) is 0. The normalized spacial score (nSPS) is 24.8. The molecule has 0 aromatic heterocycles. The van der Waals surface area contributed by atoms with Crippen molar-refractivity contribution in [2.45, 2.75) is 241 Å². The van der Waals surface area contributed by atoms with Crippen molar-refractivity contribution in [2.75, 3.05) is 0 Å². The van der Waals surface area contributed by atoms with Crippen LogP contribution < -0.4 is 37.2 Å². The maximum absolute atomic E-state index is 14.3. The Hall–Kier alpha value is -5.30. The molecule has 1 aliphatic heterocycles. The van der Waals surface area contributed by atoms with E-state index in [4.69, 9.17) is 4.74 Å². The number of carboxylic acid groups (broad SMARTS) is 2. The molecule has 5 unspecified atom stereocenters. The van der Waals surface area contributed by atoms with Crippen molar-refractivity contribution < 1.29 is 62.9 Å². The Morgan fingerprint density at radius 1 is 0.507 bits per heavy atom. The van der Waals surface area contributed by atoms with Gasteiger partial charge in [0.1, 0.15) is 48.4 Å². The number of hydrogen-bond donors (Lipinski definition) is 9. The number of rotatable bonds is 24. The van der Waals surface area contributed by atoms with Crippen LogP contribution in [0.4, 0.5) is 0 Å². The average molecular weight is 1040 g/mol. The Morgan fingerprint density at radius 3 is 1.40 bits per heavy atom. The van der Waals surface area contributed by atoms with Gasteiger partial charge >= 0.3 is 17.9 Å². The van der Waals surface area contributed by atoms with Crippen LogP contribution >= 0.6 is 0 Å². The molecule has 73 heavy (non-hydrogen) atoms. The largest absolute Gasteiger partial charge is 0.481 e. The van der Waals surface area contributed by atoms with Crippen molar-refractivity contribution in [1.82, 2.24) is 37.2 Å². The molecule has 0 aromatic rings. The number of amides is 7. The molecule has 0 saturated carbocycles. The number of nitrogens with one attached hydrogen (secondary N) is 7. The van der Waals surface area contributed by atoms with Gasteiger partial charge in [0.05, 0.1) is 12.8 Å². The van der Waals surface area contributed by atoms with Gasteiger partial charge < -0.3 is 52.2 Å². The lowest BCUT2D eigenvalue weighted by molar-refractivity contribution is -0.156. The minimum absolute atomic E-state index is 0.0380. The molecule has 1 rings (SSSR count). The van der Waals surface area contributed by atoms with Crippen LogP contribution in [0.1, 0.15) is 192 Å². The van der Waals surface area contributed by atoms with Gasteiger partial charge in [-0.2, -0.15) is 0 Å². The SMILES string of the molecule is CCC(C)CCCCCCCCC1CC(=O)N[C@@H](CCC(=O)O)C(=O)NC(CC(C)C)C(=O)N[C@H](CC(C)C)C(=O)N[C@@H](C(C)C)C(=O)NC(CC(=O)O)C(=O)N[C@H](CC(C)C)C(=O)NC([C@@H](C)CC)C(=O)O1. The Bertz CT molecular complexity index is 1810. The van der Waals surface area contributed by atoms with Crippen LogP contribution in [0.3, 0.4) is 0 Å². The topological polar surface area (TPSA) is 305 Å². The van der Waals surface area contributed by atoms with Crippen LogP contribution in [0.5, 0.6) is 0 Å². The Morgan fingerprint density at radius 2 is 0.945 bits per heavy atom. The highest BCUT2D eigenvalue weighted by Gasteiger charge is 2.38. The molecule has 1 saturated heterocycles. The predicted molar refractivity (Wildman–Crippen MR) is 276 cm³/mol. The van der Waals surface area contributed by atoms with Crippen molar-refractivity contribution >= 4 is 59.3 Å². The third-order valence-corrected chi connectivity index (χ3v) is 13.2. The fourth-order valence-corrected chi connectivity index (χ4v) is 8.50. The van der Waals surface area contributed by atoms with Crippen LogP contribution in [0.2, 0.25) is 0 Å². The molecule has 0 bridgehead atoms. The summed E-state index contributed by atoms with van der Waals surface area (Å²) in [5, 5.41) is 37.9. The van der Waals surface area contributed by atoms with E-state index in [1.54, 1.807) is 69.2 Å². The molecule has 0 aromatic carbocycles. The van der Waals surface area contributed by atoms with Gasteiger partial charge in [-0.15, -0.1) is 0 Å². The van der Waals surface area contributed by atoms with Gasteiger partial charge in [-0.25, -0.2) is 4.79 Å². The summed E-state index contributed by atoms with van der Waals surface area (Å²) in [6.07, 6.45) is 5.26. The number of aliphatic carboxylic acids is 2. The second-order valence-electron chi connectivity index (χ2n) is 21.9. The lowest BCUT2D eigenvalue weighted by Crippen LogP contribution is -2.61. The van der Waals surface area contributed by atoms with E-state index in [1.165, 1.54) is 0 Å². The molecule has 0 spiro atoms. The van der Waals surface area contributed by atoms with Gasteiger partial charge in [-0.05, 0) is 74.0 Å². The number of carbonyl (C=O) groups excluding carboxylic acids is 8. The number of ether oxygens (including phenoxy) is 1. The van der Waals surface area contributed by atoms with Crippen LogP contribution in [-0.4, -0.2) is 118 Å². The summed E-state index contributed by atoms with van der Waals surface area (Å²) in [5.74, 6) is -10.5. The molecule has 20 heteroatoms. The van der Waals surface area contributed by atoms with E-state index in [0.29, 0.717) is 18.8 Å². The Kier molecular flexibility index (Phi) is 30.8. The molecule has 7 amide bonds. The summed E-state index contributed by atoms with van der Waals surface area (Å²) in [6.45, 7) is 21.9. The second-order valence-corrected chi connectivity index (χ2v) is 21.9. The van der Waals surface area contributed by atoms with E-state index in [-0.39, 0.29) is 49.9 Å². The van der Waals surface area contributed by atoms with Gasteiger partial charge in [0.2, 0.25) is 41.4 Å². The van der Waals surface area contributed by atoms with Crippen molar-refractivity contribution in [3.05, 3.63) is 0 Å². The number of unbranched alkanes of at least 4 members (excludes halogenated alkanes) is 5. The minimum atomic E-state index is -1.72. The van der Waals surface area contributed by atoms with E-state index >= 15 is 0 Å². The lowest BCUT2D eigenvalue weighted by Gasteiger charge is -2.30. The van der Waals surface area contributed by atoms with Crippen LogP contribution in [0.15, 0.2) is 0 Å². The number of carboxylic acids is 2. The summed E-state index contributed by atoms with van der Waals surface area (Å²) in [7, 11) is 0. The molecular weight excluding hydrogens is 943 g/mol. The second kappa shape index (κ2) is 34.2. The molecule has 418 valence electrons. The highest BCUT2D eigenvalue weighted by molar-refractivity contribution is 5.98. The zero-order valence-electron chi connectivity index (χ0n) is 46.0. The minimum Gasteiger partial charge on any atom is -0.481 e. The van der Waals surface area contributed by atoms with Gasteiger partial charge in [0.25, 0.3) is 0 Å². The van der Waals surface area contributed by atoms with E-state index < -0.39 is 139 Å². The Balaban J connectivity index is 3.97. The smallest absolute Gasteiger partial charge is 0.329 e. The lowest BCUT2D eigenvalue weighted by atomic mass is 9.97. The van der Waals surface area contributed by atoms with E-state index in [9.17, 15) is 58.2 Å². The van der Waals surface area contributed by atoms with Crippen molar-refractivity contribution in [2.24, 2.45) is 35.5 Å². The third kappa shape index (κ3) is 26.5. The van der Waals surface area contributed by atoms with E-state index in [2.05, 4.69) is 51.1 Å². The molecule has 9 N–H and O–H groups in total. The maximum atomic E-state index is 14.3. The first-order valence-electron chi connectivity index (χ1n) is 26.9. The van der Waals surface area contributed by atoms with Crippen LogP contribution in [0, 0.1) is 35.5 Å². The number of carbonyl (C=O) groups is 10. The summed E-state index contributed by atoms with van der Waals surface area (Å²) in [6, 6.07) is -9.66. The first-order chi connectivity index (χ1) is 34.2. The van der Waals surface area contributed by atoms with E-state index in [0.717, 1.165) is 44.9 Å². The highest BCUT2D eigenvalue weighted by Crippen LogP contribution is 2.20. The van der Waals surface area contributed by atoms with Gasteiger partial charge in [-0.1, -0.05) is 134 Å². The molecular formula is C53H93N7O13. The quantitative estimate of drug-likeness (QED) is 0.0453. The molecule has 1 aliphatic rings. The summed E-state index contributed by atoms with van der Waals surface area (Å²) < 4.78 is 6.06. The van der Waals surface area contributed by atoms with Gasteiger partial charge in [-0.3, -0.25) is 43.2 Å². The fourth-order valence-electron chi connectivity index (χ4n) is 8.50. The first-order valence-corrected chi connectivity index (χ1v) is 26.9.